The summed E-state index contributed by atoms with van der Waals surface area (Å²) in [6.45, 7) is 16.9. The number of hydrogen-bond donors (Lipinski definition) is 3. The van der Waals surface area contributed by atoms with Gasteiger partial charge in [0.1, 0.15) is 5.60 Å². The summed E-state index contributed by atoms with van der Waals surface area (Å²) in [5.74, 6) is 1.53. The van der Waals surface area contributed by atoms with Gasteiger partial charge in [-0.15, -0.1) is 24.0 Å². The Morgan fingerprint density at radius 1 is 1.27 bits per heavy atom. The second kappa shape index (κ2) is 15.9. The molecule has 3 N–H and O–H groups in total. The third kappa shape index (κ3) is 14.2. The van der Waals surface area contributed by atoms with E-state index in [0.717, 1.165) is 58.3 Å². The normalized spacial score (nSPS) is 18.0. The van der Waals surface area contributed by atoms with Crippen molar-refractivity contribution in [1.29, 1.82) is 0 Å². The van der Waals surface area contributed by atoms with Gasteiger partial charge in [-0.3, -0.25) is 4.99 Å². The maximum atomic E-state index is 12.1. The quantitative estimate of drug-likeness (QED) is 0.161. The van der Waals surface area contributed by atoms with E-state index in [4.69, 9.17) is 14.2 Å². The summed E-state index contributed by atoms with van der Waals surface area (Å²) in [5, 5.41) is 9.49. The van der Waals surface area contributed by atoms with Crippen LogP contribution in [0.25, 0.3) is 0 Å². The summed E-state index contributed by atoms with van der Waals surface area (Å²) in [7, 11) is 0. The molecular formula is C21H43IN4O4. The third-order valence-electron chi connectivity index (χ3n) is 4.43. The Labute approximate surface area is 199 Å². The maximum Gasteiger partial charge on any atom is 0.407 e. The zero-order chi connectivity index (χ0) is 21.7. The smallest absolute Gasteiger partial charge is 0.407 e. The van der Waals surface area contributed by atoms with E-state index in [9.17, 15) is 4.79 Å². The van der Waals surface area contributed by atoms with Crippen LogP contribution in [0.3, 0.4) is 0 Å². The molecule has 0 aromatic heterocycles. The maximum absolute atomic E-state index is 12.1. The second-order valence-corrected chi connectivity index (χ2v) is 8.80. The van der Waals surface area contributed by atoms with Crippen LogP contribution >= 0.6 is 24.0 Å². The van der Waals surface area contributed by atoms with E-state index in [-0.39, 0.29) is 35.9 Å². The monoisotopic (exact) mass is 542 g/mol. The van der Waals surface area contributed by atoms with Crippen LogP contribution in [0.15, 0.2) is 4.99 Å². The molecule has 0 aromatic rings. The van der Waals surface area contributed by atoms with Gasteiger partial charge >= 0.3 is 6.09 Å². The van der Waals surface area contributed by atoms with Crippen LogP contribution in [0.1, 0.15) is 54.4 Å². The molecule has 1 saturated heterocycles. The average Bonchev–Trinajstić information content (AvgIpc) is 3.12. The predicted octanol–water partition coefficient (Wildman–Crippen LogP) is 3.15. The number of ether oxygens (including phenoxy) is 3. The van der Waals surface area contributed by atoms with Gasteiger partial charge in [0.2, 0.25) is 0 Å². The fourth-order valence-corrected chi connectivity index (χ4v) is 2.76. The minimum atomic E-state index is -0.516. The fraction of sp³-hybridized carbons (Fsp3) is 0.905. The number of aliphatic imine (C=N–C) groups is 1. The van der Waals surface area contributed by atoms with Crippen molar-refractivity contribution in [2.75, 3.05) is 46.1 Å². The molecule has 178 valence electrons. The summed E-state index contributed by atoms with van der Waals surface area (Å²) < 4.78 is 16.4. The Morgan fingerprint density at radius 2 is 2.00 bits per heavy atom. The van der Waals surface area contributed by atoms with Gasteiger partial charge in [-0.05, 0) is 46.5 Å². The molecule has 0 aliphatic carbocycles. The van der Waals surface area contributed by atoms with Crippen molar-refractivity contribution < 1.29 is 19.0 Å². The van der Waals surface area contributed by atoms with Crippen LogP contribution in [-0.4, -0.2) is 69.8 Å². The molecule has 1 rings (SSSR count). The molecule has 9 heteroatoms. The van der Waals surface area contributed by atoms with Crippen LogP contribution in [0.4, 0.5) is 4.79 Å². The van der Waals surface area contributed by atoms with Crippen molar-refractivity contribution >= 4 is 36.0 Å². The first-order valence-corrected chi connectivity index (χ1v) is 10.9. The van der Waals surface area contributed by atoms with Gasteiger partial charge in [0, 0.05) is 32.2 Å². The standard InChI is InChI=1S/C21H42N4O4.HI/c1-7-22-19(23-10-8-11-27-14-17-9-12-28-15-17)24-13-18(16(2)3)25-20(26)29-21(4,5)6;/h16-18H,7-15H2,1-6H3,(H,25,26)(H2,22,23,24);1H. The zero-order valence-corrected chi connectivity index (χ0v) is 21.9. The van der Waals surface area contributed by atoms with E-state index in [1.165, 1.54) is 0 Å². The lowest BCUT2D eigenvalue weighted by atomic mass is 10.1. The molecule has 0 radical (unpaired) electrons. The molecule has 0 aromatic carbocycles. The van der Waals surface area contributed by atoms with Gasteiger partial charge in [-0.25, -0.2) is 4.79 Å². The first kappa shape index (κ1) is 29.2. The highest BCUT2D eigenvalue weighted by molar-refractivity contribution is 14.0. The Kier molecular flexibility index (Phi) is 15.5. The van der Waals surface area contributed by atoms with Gasteiger partial charge in [-0.1, -0.05) is 13.8 Å². The first-order chi connectivity index (χ1) is 13.7. The van der Waals surface area contributed by atoms with Crippen LogP contribution in [0.5, 0.6) is 0 Å². The molecule has 30 heavy (non-hydrogen) atoms. The number of halogens is 1. The summed E-state index contributed by atoms with van der Waals surface area (Å²) in [4.78, 5) is 16.7. The molecule has 1 heterocycles. The summed E-state index contributed by atoms with van der Waals surface area (Å²) >= 11 is 0. The fourth-order valence-electron chi connectivity index (χ4n) is 2.76. The highest BCUT2D eigenvalue weighted by Gasteiger charge is 2.21. The van der Waals surface area contributed by atoms with E-state index in [0.29, 0.717) is 12.5 Å². The molecule has 2 atom stereocenters. The number of rotatable bonds is 11. The Bertz CT molecular complexity index is 492. The van der Waals surface area contributed by atoms with Gasteiger partial charge < -0.3 is 30.2 Å². The molecule has 0 spiro atoms. The van der Waals surface area contributed by atoms with Crippen molar-refractivity contribution in [3.05, 3.63) is 0 Å². The number of carbonyl (C=O) groups excluding carboxylic acids is 1. The van der Waals surface area contributed by atoms with Crippen LogP contribution in [0.2, 0.25) is 0 Å². The van der Waals surface area contributed by atoms with Crippen molar-refractivity contribution in [3.63, 3.8) is 0 Å². The Hall–Kier alpha value is -0.810. The van der Waals surface area contributed by atoms with E-state index in [2.05, 4.69) is 34.8 Å². The predicted molar refractivity (Wildman–Crippen MR) is 132 cm³/mol. The van der Waals surface area contributed by atoms with E-state index >= 15 is 0 Å². The minimum absolute atomic E-state index is 0. The highest BCUT2D eigenvalue weighted by atomic mass is 127. The van der Waals surface area contributed by atoms with Crippen LogP contribution in [-0.2, 0) is 14.2 Å². The lowest BCUT2D eigenvalue weighted by molar-refractivity contribution is 0.0493. The van der Waals surface area contributed by atoms with Gasteiger partial charge in [0.15, 0.2) is 5.96 Å². The van der Waals surface area contributed by atoms with Crippen molar-refractivity contribution in [1.82, 2.24) is 16.0 Å². The number of guanidine groups is 1. The van der Waals surface area contributed by atoms with Crippen molar-refractivity contribution in [2.24, 2.45) is 16.8 Å². The number of alkyl carbamates (subject to hydrolysis) is 1. The summed E-state index contributed by atoms with van der Waals surface area (Å²) in [5.41, 5.74) is -0.516. The molecular weight excluding hydrogens is 499 g/mol. The van der Waals surface area contributed by atoms with Crippen LogP contribution < -0.4 is 16.0 Å². The first-order valence-electron chi connectivity index (χ1n) is 10.9. The topological polar surface area (TPSA) is 93.2 Å². The number of nitrogens with zero attached hydrogens (tertiary/aromatic N) is 1. The number of hydrogen-bond acceptors (Lipinski definition) is 5. The molecule has 8 nitrogen and oxygen atoms in total. The molecule has 1 fully saturated rings. The van der Waals surface area contributed by atoms with Gasteiger partial charge in [0.05, 0.1) is 25.8 Å². The SMILES string of the molecule is CCNC(=NCC(NC(=O)OC(C)(C)C)C(C)C)NCCCOCC1CCOC1.I. The molecule has 0 bridgehead atoms. The van der Waals surface area contributed by atoms with E-state index < -0.39 is 11.7 Å². The highest BCUT2D eigenvalue weighted by Crippen LogP contribution is 2.12. The average molecular weight is 543 g/mol. The van der Waals surface area contributed by atoms with Crippen molar-refractivity contribution in [3.8, 4) is 0 Å². The second-order valence-electron chi connectivity index (χ2n) is 8.80. The molecule has 0 saturated carbocycles. The molecule has 1 aliphatic rings. The largest absolute Gasteiger partial charge is 0.444 e. The third-order valence-corrected chi connectivity index (χ3v) is 4.43. The minimum Gasteiger partial charge on any atom is -0.444 e. The summed E-state index contributed by atoms with van der Waals surface area (Å²) in [6, 6.07) is -0.0997. The number of nitrogens with one attached hydrogen (secondary N) is 3. The molecule has 2 unspecified atom stereocenters. The number of carbonyl (C=O) groups is 1. The molecule has 1 aliphatic heterocycles. The number of amides is 1. The Morgan fingerprint density at radius 3 is 2.57 bits per heavy atom. The molecule has 1 amide bonds. The van der Waals surface area contributed by atoms with E-state index in [1.54, 1.807) is 0 Å². The van der Waals surface area contributed by atoms with E-state index in [1.807, 2.05) is 27.7 Å². The van der Waals surface area contributed by atoms with Crippen molar-refractivity contribution in [2.45, 2.75) is 66.0 Å². The zero-order valence-electron chi connectivity index (χ0n) is 19.6. The lowest BCUT2D eigenvalue weighted by Crippen LogP contribution is -2.45. The van der Waals surface area contributed by atoms with Gasteiger partial charge in [-0.2, -0.15) is 0 Å². The van der Waals surface area contributed by atoms with Crippen LogP contribution in [0, 0.1) is 11.8 Å². The lowest BCUT2D eigenvalue weighted by Gasteiger charge is -2.25. The van der Waals surface area contributed by atoms with Gasteiger partial charge in [0.25, 0.3) is 0 Å². The Balaban J connectivity index is 0.00000841. The summed E-state index contributed by atoms with van der Waals surface area (Å²) in [6.07, 6.45) is 1.60.